The van der Waals surface area contributed by atoms with Crippen LogP contribution >= 0.6 is 0 Å². The number of benzene rings is 2. The molecule has 0 spiro atoms. The normalized spacial score (nSPS) is 13.0. The van der Waals surface area contributed by atoms with Gasteiger partial charge in [-0.25, -0.2) is 4.98 Å². The number of nitrogens with zero attached hydrogens (tertiary/aromatic N) is 2. The van der Waals surface area contributed by atoms with Crippen molar-refractivity contribution in [1.82, 2.24) is 10.3 Å². The van der Waals surface area contributed by atoms with E-state index < -0.39 is 17.6 Å². The average Bonchev–Trinajstić information content (AvgIpc) is 3.06. The van der Waals surface area contributed by atoms with Crippen molar-refractivity contribution in [1.29, 1.82) is 0 Å². The highest BCUT2D eigenvalue weighted by Gasteiger charge is 2.34. The molecule has 1 aromatic heterocycles. The van der Waals surface area contributed by atoms with E-state index in [4.69, 9.17) is 0 Å². The highest BCUT2D eigenvalue weighted by atomic mass is 19.4. The van der Waals surface area contributed by atoms with Crippen LogP contribution in [0.5, 0.6) is 0 Å². The molecule has 1 aliphatic rings. The number of pyridine rings is 1. The zero-order valence-corrected chi connectivity index (χ0v) is 17.7. The maximum absolute atomic E-state index is 13.6. The summed E-state index contributed by atoms with van der Waals surface area (Å²) in [4.78, 5) is 29.5. The second kappa shape index (κ2) is 8.45. The minimum Gasteiger partial charge on any atom is -0.355 e. The molecule has 0 radical (unpaired) electrons. The molecule has 4 rings (SSSR count). The van der Waals surface area contributed by atoms with Gasteiger partial charge in [-0.15, -0.1) is 0 Å². The number of para-hydroxylation sites is 1. The SMILES string of the molecule is CNC(=O)c1ccccc1Nc1cc(Nc2ccc3c(c2)CC(=O)N3C)ncc1C(F)(F)F. The first-order chi connectivity index (χ1) is 15.7. The molecular weight excluding hydrogens is 435 g/mol. The van der Waals surface area contributed by atoms with Crippen molar-refractivity contribution in [3.63, 3.8) is 0 Å². The van der Waals surface area contributed by atoms with Crippen molar-refractivity contribution >= 4 is 40.4 Å². The Labute approximate surface area is 187 Å². The van der Waals surface area contributed by atoms with Gasteiger partial charge in [0.2, 0.25) is 5.91 Å². The number of likely N-dealkylation sites (N-methyl/N-ethyl adjacent to an activating group) is 1. The number of amides is 2. The van der Waals surface area contributed by atoms with Gasteiger partial charge in [0, 0.05) is 37.7 Å². The highest BCUT2D eigenvalue weighted by Crippen LogP contribution is 2.38. The van der Waals surface area contributed by atoms with E-state index in [0.717, 1.165) is 17.4 Å². The second-order valence-corrected chi connectivity index (χ2v) is 7.46. The summed E-state index contributed by atoms with van der Waals surface area (Å²) in [6.45, 7) is 0. The topological polar surface area (TPSA) is 86.4 Å². The van der Waals surface area contributed by atoms with Gasteiger partial charge in [-0.05, 0) is 35.9 Å². The summed E-state index contributed by atoms with van der Waals surface area (Å²) in [5.74, 6) is -0.298. The number of alkyl halides is 3. The number of hydrogen-bond acceptors (Lipinski definition) is 5. The van der Waals surface area contributed by atoms with E-state index in [-0.39, 0.29) is 35.1 Å². The molecular formula is C23H20F3N5O2. The van der Waals surface area contributed by atoms with Crippen molar-refractivity contribution in [2.24, 2.45) is 0 Å². The molecule has 0 saturated heterocycles. The molecule has 170 valence electrons. The lowest BCUT2D eigenvalue weighted by atomic mass is 10.1. The number of carbonyl (C=O) groups excluding carboxylic acids is 2. The number of fused-ring (bicyclic) bond motifs is 1. The van der Waals surface area contributed by atoms with Crippen molar-refractivity contribution < 1.29 is 22.8 Å². The minimum absolute atomic E-state index is 0.0314. The van der Waals surface area contributed by atoms with Gasteiger partial charge in [0.1, 0.15) is 5.82 Å². The average molecular weight is 455 g/mol. The largest absolute Gasteiger partial charge is 0.419 e. The first-order valence-corrected chi connectivity index (χ1v) is 9.99. The van der Waals surface area contributed by atoms with Gasteiger partial charge in [0.05, 0.1) is 28.9 Å². The predicted molar refractivity (Wildman–Crippen MR) is 119 cm³/mol. The second-order valence-electron chi connectivity index (χ2n) is 7.46. The van der Waals surface area contributed by atoms with E-state index in [1.165, 1.54) is 25.2 Å². The van der Waals surface area contributed by atoms with Crippen LogP contribution in [0.15, 0.2) is 54.7 Å². The lowest BCUT2D eigenvalue weighted by molar-refractivity contribution is -0.137. The first-order valence-electron chi connectivity index (χ1n) is 9.99. The molecule has 0 unspecified atom stereocenters. The molecule has 10 heteroatoms. The molecule has 2 amide bonds. The van der Waals surface area contributed by atoms with Crippen LogP contribution in [0.25, 0.3) is 0 Å². The molecule has 0 bridgehead atoms. The van der Waals surface area contributed by atoms with Crippen molar-refractivity contribution in [3.05, 3.63) is 71.4 Å². The Hall–Kier alpha value is -4.08. The third-order valence-electron chi connectivity index (χ3n) is 5.31. The molecule has 2 heterocycles. The maximum Gasteiger partial charge on any atom is 0.419 e. The highest BCUT2D eigenvalue weighted by molar-refractivity contribution is 6.01. The van der Waals surface area contributed by atoms with Crippen LogP contribution in [0.4, 0.5) is 41.7 Å². The van der Waals surface area contributed by atoms with Crippen LogP contribution in [-0.2, 0) is 17.4 Å². The summed E-state index contributed by atoms with van der Waals surface area (Å²) < 4.78 is 40.9. The van der Waals surface area contributed by atoms with Gasteiger partial charge in [-0.1, -0.05) is 12.1 Å². The van der Waals surface area contributed by atoms with E-state index in [0.29, 0.717) is 5.69 Å². The first kappa shape index (κ1) is 22.1. The van der Waals surface area contributed by atoms with E-state index in [1.54, 1.807) is 42.3 Å². The van der Waals surface area contributed by atoms with Crippen molar-refractivity contribution in [2.75, 3.05) is 29.6 Å². The quantitative estimate of drug-likeness (QED) is 0.529. The van der Waals surface area contributed by atoms with Gasteiger partial charge in [-0.2, -0.15) is 13.2 Å². The monoisotopic (exact) mass is 455 g/mol. The molecule has 0 atom stereocenters. The van der Waals surface area contributed by atoms with Gasteiger partial charge in [0.25, 0.3) is 5.91 Å². The minimum atomic E-state index is -4.66. The van der Waals surface area contributed by atoms with Gasteiger partial charge < -0.3 is 20.9 Å². The maximum atomic E-state index is 13.6. The zero-order valence-electron chi connectivity index (χ0n) is 17.7. The van der Waals surface area contributed by atoms with Crippen LogP contribution < -0.4 is 20.9 Å². The van der Waals surface area contributed by atoms with E-state index in [9.17, 15) is 22.8 Å². The van der Waals surface area contributed by atoms with E-state index in [2.05, 4.69) is 20.9 Å². The molecule has 3 aromatic rings. The Morgan fingerprint density at radius 2 is 1.82 bits per heavy atom. The third-order valence-corrected chi connectivity index (χ3v) is 5.31. The summed E-state index contributed by atoms with van der Waals surface area (Å²) in [6, 6.07) is 12.8. The molecule has 2 aromatic carbocycles. The lowest BCUT2D eigenvalue weighted by Crippen LogP contribution is -2.20. The van der Waals surface area contributed by atoms with Crippen LogP contribution in [-0.4, -0.2) is 30.9 Å². The number of aromatic nitrogens is 1. The standard InChI is InChI=1S/C23H20F3N5O2/c1-27-22(33)15-5-3-4-6-17(15)30-18-11-20(28-12-16(18)23(24,25)26)29-14-7-8-19-13(9-14)10-21(32)31(19)2/h3-9,11-12H,10H2,1-2H3,(H,27,33)(H2,28,29,30). The predicted octanol–water partition coefficient (Wildman–Crippen LogP) is 4.47. The zero-order chi connectivity index (χ0) is 23.8. The van der Waals surface area contributed by atoms with Gasteiger partial charge in [0.15, 0.2) is 0 Å². The molecule has 0 aliphatic carbocycles. The van der Waals surface area contributed by atoms with Gasteiger partial charge in [-0.3, -0.25) is 9.59 Å². The smallest absolute Gasteiger partial charge is 0.355 e. The Morgan fingerprint density at radius 1 is 1.06 bits per heavy atom. The summed E-state index contributed by atoms with van der Waals surface area (Å²) >= 11 is 0. The van der Waals surface area contributed by atoms with E-state index >= 15 is 0 Å². The molecule has 0 saturated carbocycles. The van der Waals surface area contributed by atoms with Crippen LogP contribution in [0.3, 0.4) is 0 Å². The molecule has 1 aliphatic heterocycles. The molecule has 3 N–H and O–H groups in total. The Kier molecular flexibility index (Phi) is 5.67. The fourth-order valence-electron chi connectivity index (χ4n) is 3.62. The van der Waals surface area contributed by atoms with Crippen LogP contribution in [0.1, 0.15) is 21.5 Å². The fourth-order valence-corrected chi connectivity index (χ4v) is 3.62. The Bertz CT molecular complexity index is 1240. The number of anilines is 5. The molecule has 0 fully saturated rings. The summed E-state index contributed by atoms with van der Waals surface area (Å²) in [7, 11) is 3.13. The molecule has 7 nitrogen and oxygen atoms in total. The lowest BCUT2D eigenvalue weighted by Gasteiger charge is -2.18. The van der Waals surface area contributed by atoms with Crippen molar-refractivity contribution in [2.45, 2.75) is 12.6 Å². The van der Waals surface area contributed by atoms with Crippen LogP contribution in [0, 0.1) is 0 Å². The fraction of sp³-hybridized carbons (Fsp3) is 0.174. The summed E-state index contributed by atoms with van der Waals surface area (Å²) in [6.07, 6.45) is -3.67. The number of halogens is 3. The van der Waals surface area contributed by atoms with Crippen LogP contribution in [0.2, 0.25) is 0 Å². The Balaban J connectivity index is 1.68. The Morgan fingerprint density at radius 3 is 2.55 bits per heavy atom. The summed E-state index contributed by atoms with van der Waals surface area (Å²) in [5, 5.41) is 8.19. The van der Waals surface area contributed by atoms with Gasteiger partial charge >= 0.3 is 6.18 Å². The number of nitrogens with one attached hydrogen (secondary N) is 3. The number of rotatable bonds is 5. The number of carbonyl (C=O) groups is 2. The summed E-state index contributed by atoms with van der Waals surface area (Å²) in [5.41, 5.74) is 1.39. The van der Waals surface area contributed by atoms with E-state index in [1.807, 2.05) is 0 Å². The van der Waals surface area contributed by atoms with Crippen molar-refractivity contribution in [3.8, 4) is 0 Å². The number of hydrogen-bond donors (Lipinski definition) is 3. The third kappa shape index (κ3) is 4.45. The molecule has 33 heavy (non-hydrogen) atoms.